The van der Waals surface area contributed by atoms with E-state index in [4.69, 9.17) is 0 Å². The number of thiophene rings is 1. The van der Waals surface area contributed by atoms with Gasteiger partial charge < -0.3 is 5.32 Å². The molecule has 3 nitrogen and oxygen atoms in total. The first kappa shape index (κ1) is 10.6. The van der Waals surface area contributed by atoms with Crippen molar-refractivity contribution in [3.63, 3.8) is 0 Å². The summed E-state index contributed by atoms with van der Waals surface area (Å²) in [4.78, 5) is 15.5. The van der Waals surface area contributed by atoms with Crippen molar-refractivity contribution in [1.29, 1.82) is 0 Å². The Morgan fingerprint density at radius 3 is 2.81 bits per heavy atom. The highest BCUT2D eigenvalue weighted by Crippen LogP contribution is 2.10. The molecule has 2 rings (SSSR count). The Kier molecular flexibility index (Phi) is 3.46. The zero-order valence-electron chi connectivity index (χ0n) is 8.51. The minimum Gasteiger partial charge on any atom is -0.322 e. The number of anilines is 1. The predicted molar refractivity (Wildman–Crippen MR) is 65.0 cm³/mol. The number of carbonyl (C=O) groups is 1. The highest BCUT2D eigenvalue weighted by atomic mass is 32.1. The van der Waals surface area contributed by atoms with E-state index in [1.165, 1.54) is 6.08 Å². The third kappa shape index (κ3) is 3.03. The van der Waals surface area contributed by atoms with Crippen LogP contribution in [0.25, 0.3) is 6.08 Å². The number of amides is 1. The maximum Gasteiger partial charge on any atom is 0.248 e. The number of aromatic nitrogens is 1. The quantitative estimate of drug-likeness (QED) is 0.809. The third-order valence-electron chi connectivity index (χ3n) is 1.93. The van der Waals surface area contributed by atoms with Crippen molar-refractivity contribution in [2.24, 2.45) is 0 Å². The van der Waals surface area contributed by atoms with E-state index in [1.807, 2.05) is 17.5 Å². The molecule has 0 unspecified atom stereocenters. The number of hydrogen-bond acceptors (Lipinski definition) is 2. The van der Waals surface area contributed by atoms with Gasteiger partial charge in [0, 0.05) is 23.1 Å². The summed E-state index contributed by atoms with van der Waals surface area (Å²) in [6.07, 6.45) is 6.86. The monoisotopic (exact) mass is 231 g/mol. The van der Waals surface area contributed by atoms with Crippen molar-refractivity contribution < 1.29 is 9.78 Å². The summed E-state index contributed by atoms with van der Waals surface area (Å²) in [7, 11) is 0. The molecule has 0 saturated carbocycles. The van der Waals surface area contributed by atoms with E-state index >= 15 is 0 Å². The van der Waals surface area contributed by atoms with Crippen molar-refractivity contribution in [2.45, 2.75) is 0 Å². The number of H-pyrrole nitrogens is 1. The van der Waals surface area contributed by atoms with Crippen molar-refractivity contribution in [3.8, 4) is 0 Å². The molecule has 2 aromatic rings. The van der Waals surface area contributed by atoms with E-state index in [1.54, 1.807) is 41.9 Å². The van der Waals surface area contributed by atoms with E-state index in [0.717, 1.165) is 10.6 Å². The van der Waals surface area contributed by atoms with E-state index in [-0.39, 0.29) is 5.91 Å². The minimum absolute atomic E-state index is 0.125. The van der Waals surface area contributed by atoms with Crippen LogP contribution in [0.15, 0.2) is 48.1 Å². The van der Waals surface area contributed by atoms with Crippen LogP contribution in [0.4, 0.5) is 5.69 Å². The second-order valence-corrected chi connectivity index (χ2v) is 4.11. The van der Waals surface area contributed by atoms with E-state index in [9.17, 15) is 4.79 Å². The Hall–Kier alpha value is -1.94. The second kappa shape index (κ2) is 5.23. The topological polar surface area (TPSA) is 43.2 Å². The van der Waals surface area contributed by atoms with Crippen molar-refractivity contribution in [3.05, 3.63) is 53.0 Å². The molecule has 0 aromatic carbocycles. The number of nitrogens with one attached hydrogen (secondary N) is 2. The molecule has 16 heavy (non-hydrogen) atoms. The maximum absolute atomic E-state index is 11.5. The molecular formula is C12H11N2OS+. The van der Waals surface area contributed by atoms with Gasteiger partial charge >= 0.3 is 0 Å². The molecule has 2 aromatic heterocycles. The number of rotatable bonds is 3. The predicted octanol–water partition coefficient (Wildman–Crippen LogP) is 2.21. The maximum atomic E-state index is 11.5. The van der Waals surface area contributed by atoms with E-state index < -0.39 is 0 Å². The van der Waals surface area contributed by atoms with Crippen LogP contribution in [-0.4, -0.2) is 5.91 Å². The molecule has 0 aliphatic carbocycles. The van der Waals surface area contributed by atoms with Crippen LogP contribution in [0.1, 0.15) is 4.88 Å². The Morgan fingerprint density at radius 2 is 2.12 bits per heavy atom. The summed E-state index contributed by atoms with van der Waals surface area (Å²) in [6, 6.07) is 7.52. The summed E-state index contributed by atoms with van der Waals surface area (Å²) in [5, 5.41) is 4.74. The van der Waals surface area contributed by atoms with Gasteiger partial charge in [-0.2, -0.15) is 0 Å². The van der Waals surface area contributed by atoms with Gasteiger partial charge in [-0.3, -0.25) is 4.79 Å². The molecule has 2 N–H and O–H groups in total. The highest BCUT2D eigenvalue weighted by Gasteiger charge is 1.97. The van der Waals surface area contributed by atoms with Gasteiger partial charge in [0.05, 0.1) is 5.69 Å². The third-order valence-corrected chi connectivity index (χ3v) is 2.77. The fraction of sp³-hybridized carbons (Fsp3) is 0. The van der Waals surface area contributed by atoms with Crippen molar-refractivity contribution >= 4 is 29.0 Å². The molecule has 4 heteroatoms. The number of carbonyl (C=O) groups excluding carboxylic acids is 1. The molecule has 1 amide bonds. The molecule has 0 spiro atoms. The van der Waals surface area contributed by atoms with Gasteiger partial charge in [-0.25, -0.2) is 4.98 Å². The van der Waals surface area contributed by atoms with Crippen LogP contribution >= 0.6 is 11.3 Å². The zero-order valence-corrected chi connectivity index (χ0v) is 9.33. The second-order valence-electron chi connectivity index (χ2n) is 3.13. The lowest BCUT2D eigenvalue weighted by Crippen LogP contribution is -2.09. The SMILES string of the molecule is O=C(C=Cc1cccs1)Nc1cc[nH+]cc1. The average molecular weight is 231 g/mol. The van der Waals surface area contributed by atoms with Crippen molar-refractivity contribution in [1.82, 2.24) is 0 Å². The minimum atomic E-state index is -0.125. The Morgan fingerprint density at radius 1 is 1.31 bits per heavy atom. The zero-order chi connectivity index (χ0) is 11.2. The van der Waals surface area contributed by atoms with Gasteiger partial charge in [0.25, 0.3) is 0 Å². The molecule has 0 aliphatic rings. The van der Waals surface area contributed by atoms with Gasteiger partial charge in [0.2, 0.25) is 5.91 Å². The number of hydrogen-bond donors (Lipinski definition) is 1. The molecule has 0 fully saturated rings. The molecular weight excluding hydrogens is 220 g/mol. The molecule has 0 radical (unpaired) electrons. The first-order valence-corrected chi connectivity index (χ1v) is 5.71. The summed E-state index contributed by atoms with van der Waals surface area (Å²) in [5.74, 6) is -0.125. The first-order valence-electron chi connectivity index (χ1n) is 4.83. The Labute approximate surface area is 97.5 Å². The van der Waals surface area contributed by atoms with Crippen LogP contribution in [0, 0.1) is 0 Å². The summed E-state index contributed by atoms with van der Waals surface area (Å²) >= 11 is 1.60. The van der Waals surface area contributed by atoms with Gasteiger partial charge in [-0.05, 0) is 17.5 Å². The fourth-order valence-corrected chi connectivity index (χ4v) is 1.82. The fourth-order valence-electron chi connectivity index (χ4n) is 1.20. The largest absolute Gasteiger partial charge is 0.322 e. The van der Waals surface area contributed by atoms with Crippen LogP contribution in [-0.2, 0) is 4.79 Å². The van der Waals surface area contributed by atoms with E-state index in [0.29, 0.717) is 0 Å². The lowest BCUT2D eigenvalue weighted by Gasteiger charge is -1.97. The van der Waals surface area contributed by atoms with Gasteiger partial charge in [-0.15, -0.1) is 11.3 Å². The Balaban J connectivity index is 1.95. The molecule has 80 valence electrons. The van der Waals surface area contributed by atoms with Crippen LogP contribution < -0.4 is 10.3 Å². The standard InChI is InChI=1S/C12H10N2OS/c15-12(4-3-11-2-1-9-16-11)14-10-5-7-13-8-6-10/h1-9H,(H,13,14,15)/p+1. The van der Waals surface area contributed by atoms with Crippen molar-refractivity contribution in [2.75, 3.05) is 5.32 Å². The van der Waals surface area contributed by atoms with Crippen LogP contribution in [0.3, 0.4) is 0 Å². The number of pyridine rings is 1. The molecule has 0 atom stereocenters. The van der Waals surface area contributed by atoms with Crippen LogP contribution in [0.2, 0.25) is 0 Å². The molecule has 2 heterocycles. The average Bonchev–Trinajstić information content (AvgIpc) is 2.81. The first-order chi connectivity index (χ1) is 7.84. The summed E-state index contributed by atoms with van der Waals surface area (Å²) < 4.78 is 0. The van der Waals surface area contributed by atoms with Gasteiger partial charge in [-0.1, -0.05) is 6.07 Å². The van der Waals surface area contributed by atoms with Gasteiger partial charge in [0.15, 0.2) is 12.4 Å². The van der Waals surface area contributed by atoms with Crippen LogP contribution in [0.5, 0.6) is 0 Å². The molecule has 0 bridgehead atoms. The normalized spacial score (nSPS) is 10.5. The molecule has 0 aliphatic heterocycles. The summed E-state index contributed by atoms with van der Waals surface area (Å²) in [5.41, 5.74) is 0.777. The smallest absolute Gasteiger partial charge is 0.248 e. The lowest BCUT2D eigenvalue weighted by atomic mass is 10.3. The lowest BCUT2D eigenvalue weighted by molar-refractivity contribution is -0.377. The Bertz CT molecular complexity index is 477. The summed E-state index contributed by atoms with van der Waals surface area (Å²) in [6.45, 7) is 0. The highest BCUT2D eigenvalue weighted by molar-refractivity contribution is 7.10. The number of aromatic amines is 1. The van der Waals surface area contributed by atoms with E-state index in [2.05, 4.69) is 10.3 Å². The molecule has 0 saturated heterocycles. The van der Waals surface area contributed by atoms with Gasteiger partial charge in [0.1, 0.15) is 0 Å².